The Morgan fingerprint density at radius 3 is 2.69 bits per heavy atom. The van der Waals surface area contributed by atoms with E-state index < -0.39 is 0 Å². The Labute approximate surface area is 203 Å². The van der Waals surface area contributed by atoms with Gasteiger partial charge < -0.3 is 24.2 Å². The van der Waals surface area contributed by atoms with Crippen LogP contribution >= 0.6 is 0 Å². The van der Waals surface area contributed by atoms with E-state index in [0.29, 0.717) is 44.2 Å². The molecule has 4 rings (SSSR count). The highest BCUT2D eigenvalue weighted by atomic mass is 16.5. The van der Waals surface area contributed by atoms with Gasteiger partial charge in [-0.15, -0.1) is 0 Å². The lowest BCUT2D eigenvalue weighted by Gasteiger charge is -2.29. The van der Waals surface area contributed by atoms with Crippen LogP contribution in [0.3, 0.4) is 0 Å². The van der Waals surface area contributed by atoms with E-state index in [2.05, 4.69) is 20.4 Å². The molecule has 0 atom stereocenters. The average Bonchev–Trinajstić information content (AvgIpc) is 3.39. The lowest BCUT2D eigenvalue weighted by Crippen LogP contribution is -2.42. The molecule has 2 aromatic heterocycles. The second-order valence-corrected chi connectivity index (χ2v) is 8.13. The second kappa shape index (κ2) is 12.1. The van der Waals surface area contributed by atoms with Crippen molar-refractivity contribution in [1.29, 1.82) is 0 Å². The van der Waals surface area contributed by atoms with Gasteiger partial charge in [0.1, 0.15) is 5.75 Å². The van der Waals surface area contributed by atoms with Gasteiger partial charge in [-0.25, -0.2) is 0 Å². The van der Waals surface area contributed by atoms with Gasteiger partial charge in [0, 0.05) is 51.2 Å². The Morgan fingerprint density at radius 2 is 1.97 bits per heavy atom. The minimum Gasteiger partial charge on any atom is -0.497 e. The highest BCUT2D eigenvalue weighted by Gasteiger charge is 2.21. The number of hydrogen-bond donors (Lipinski definition) is 1. The quantitative estimate of drug-likeness (QED) is 0.470. The van der Waals surface area contributed by atoms with E-state index in [-0.39, 0.29) is 24.1 Å². The van der Waals surface area contributed by atoms with Crippen molar-refractivity contribution in [1.82, 2.24) is 25.3 Å². The van der Waals surface area contributed by atoms with Crippen LogP contribution in [0.2, 0.25) is 0 Å². The summed E-state index contributed by atoms with van der Waals surface area (Å²) in [6.45, 7) is 4.77. The molecule has 0 bridgehead atoms. The third kappa shape index (κ3) is 6.87. The average molecular weight is 480 g/mol. The highest BCUT2D eigenvalue weighted by Crippen LogP contribution is 2.13. The highest BCUT2D eigenvalue weighted by molar-refractivity contribution is 5.94. The molecule has 184 valence electrons. The molecule has 10 heteroatoms. The fourth-order valence-electron chi connectivity index (χ4n) is 3.71. The van der Waals surface area contributed by atoms with Gasteiger partial charge in [-0.3, -0.25) is 19.5 Å². The summed E-state index contributed by atoms with van der Waals surface area (Å²) in [4.78, 5) is 33.7. The Balaban J connectivity index is 1.38. The van der Waals surface area contributed by atoms with Crippen molar-refractivity contribution < 1.29 is 23.6 Å². The molecule has 3 aromatic rings. The minimum absolute atomic E-state index is 0.159. The number of nitrogens with zero attached hydrogens (tertiary/aromatic N) is 4. The van der Waals surface area contributed by atoms with Crippen molar-refractivity contribution >= 4 is 11.8 Å². The summed E-state index contributed by atoms with van der Waals surface area (Å²) >= 11 is 0. The summed E-state index contributed by atoms with van der Waals surface area (Å²) in [5.74, 6) is 0.668. The van der Waals surface area contributed by atoms with Gasteiger partial charge in [0.05, 0.1) is 32.4 Å². The van der Waals surface area contributed by atoms with Gasteiger partial charge in [0.25, 0.3) is 11.8 Å². The van der Waals surface area contributed by atoms with Gasteiger partial charge >= 0.3 is 0 Å². The zero-order chi connectivity index (χ0) is 24.5. The first kappa shape index (κ1) is 24.4. The molecule has 3 heterocycles. The number of amides is 2. The normalized spacial score (nSPS) is 13.9. The van der Waals surface area contributed by atoms with Crippen LogP contribution in [-0.2, 0) is 17.8 Å². The number of rotatable bonds is 10. The number of benzene rings is 1. The summed E-state index contributed by atoms with van der Waals surface area (Å²) in [6, 6.07) is 12.5. The molecule has 0 radical (unpaired) electrons. The number of aromatic nitrogens is 2. The molecular weight excluding hydrogens is 450 g/mol. The van der Waals surface area contributed by atoms with E-state index in [9.17, 15) is 9.59 Å². The summed E-state index contributed by atoms with van der Waals surface area (Å²) in [7, 11) is 1.60. The molecule has 35 heavy (non-hydrogen) atoms. The molecular formula is C25H29N5O5. The van der Waals surface area contributed by atoms with Crippen molar-refractivity contribution in [3.63, 3.8) is 0 Å². The van der Waals surface area contributed by atoms with Crippen LogP contribution in [0.4, 0.5) is 0 Å². The molecule has 0 spiro atoms. The molecule has 2 amide bonds. The number of carbonyl (C=O) groups excluding carboxylic acids is 2. The van der Waals surface area contributed by atoms with Gasteiger partial charge in [-0.2, -0.15) is 0 Å². The van der Waals surface area contributed by atoms with Crippen molar-refractivity contribution in [2.24, 2.45) is 0 Å². The predicted octanol–water partition coefficient (Wildman–Crippen LogP) is 1.98. The van der Waals surface area contributed by atoms with Crippen molar-refractivity contribution in [3.8, 4) is 5.75 Å². The molecule has 1 aliphatic heterocycles. The van der Waals surface area contributed by atoms with Gasteiger partial charge in [0.2, 0.25) is 0 Å². The molecule has 0 aliphatic carbocycles. The number of pyridine rings is 1. The number of nitrogens with one attached hydrogen (secondary N) is 1. The molecule has 1 fully saturated rings. The molecule has 1 aliphatic rings. The maximum Gasteiger partial charge on any atom is 0.273 e. The van der Waals surface area contributed by atoms with Gasteiger partial charge in [-0.1, -0.05) is 17.3 Å². The maximum atomic E-state index is 13.2. The first-order valence-corrected chi connectivity index (χ1v) is 11.5. The Morgan fingerprint density at radius 1 is 1.17 bits per heavy atom. The van der Waals surface area contributed by atoms with Crippen molar-refractivity contribution in [3.05, 3.63) is 77.4 Å². The maximum absolute atomic E-state index is 13.2. The van der Waals surface area contributed by atoms with Crippen LogP contribution in [0.5, 0.6) is 5.75 Å². The van der Waals surface area contributed by atoms with E-state index in [1.54, 1.807) is 42.6 Å². The SMILES string of the molecule is COc1ccc(CNC(=O)c2cc(CN(CCN3CCOCC3)C(=O)c3cccnc3)on2)cc1. The fraction of sp³-hybridized carbons (Fsp3) is 0.360. The first-order chi connectivity index (χ1) is 17.1. The van der Waals surface area contributed by atoms with Crippen LogP contribution in [0.15, 0.2) is 59.4 Å². The Kier molecular flexibility index (Phi) is 8.42. The zero-order valence-corrected chi connectivity index (χ0v) is 19.7. The minimum atomic E-state index is -0.353. The largest absolute Gasteiger partial charge is 0.497 e. The monoisotopic (exact) mass is 479 g/mol. The predicted molar refractivity (Wildman–Crippen MR) is 127 cm³/mol. The molecule has 1 aromatic carbocycles. The van der Waals surface area contributed by atoms with Crippen molar-refractivity contribution in [2.75, 3.05) is 46.5 Å². The smallest absolute Gasteiger partial charge is 0.273 e. The van der Waals surface area contributed by atoms with Gasteiger partial charge in [-0.05, 0) is 29.8 Å². The topological polar surface area (TPSA) is 110 Å². The standard InChI is InChI=1S/C25H29N5O5/c1-33-21-6-4-19(5-7-21)16-27-24(31)23-15-22(35-28-23)18-30(10-9-29-11-13-34-14-12-29)25(32)20-3-2-8-26-17-20/h2-8,15,17H,9-14,16,18H2,1H3,(H,27,31). The lowest BCUT2D eigenvalue weighted by atomic mass is 10.2. The zero-order valence-electron chi connectivity index (χ0n) is 19.7. The summed E-state index contributed by atoms with van der Waals surface area (Å²) in [6.07, 6.45) is 3.17. The van der Waals surface area contributed by atoms with E-state index in [1.165, 1.54) is 0 Å². The van der Waals surface area contributed by atoms with Gasteiger partial charge in [0.15, 0.2) is 11.5 Å². The second-order valence-electron chi connectivity index (χ2n) is 8.13. The van der Waals surface area contributed by atoms with E-state index in [1.807, 2.05) is 24.3 Å². The van der Waals surface area contributed by atoms with Crippen LogP contribution in [0, 0.1) is 0 Å². The van der Waals surface area contributed by atoms with Crippen LogP contribution in [-0.4, -0.2) is 78.3 Å². The summed E-state index contributed by atoms with van der Waals surface area (Å²) in [5.41, 5.74) is 1.58. The Bertz CT molecular complexity index is 1100. The molecule has 10 nitrogen and oxygen atoms in total. The number of morpholine rings is 1. The van der Waals surface area contributed by atoms with Crippen LogP contribution in [0.25, 0.3) is 0 Å². The number of carbonyl (C=O) groups is 2. The molecule has 1 saturated heterocycles. The molecule has 0 saturated carbocycles. The number of hydrogen-bond acceptors (Lipinski definition) is 8. The summed E-state index contributed by atoms with van der Waals surface area (Å²) < 4.78 is 16.0. The van der Waals surface area contributed by atoms with Crippen molar-refractivity contribution in [2.45, 2.75) is 13.1 Å². The molecule has 0 unspecified atom stereocenters. The van der Waals surface area contributed by atoms with Crippen LogP contribution in [0.1, 0.15) is 32.2 Å². The fourth-order valence-corrected chi connectivity index (χ4v) is 3.71. The molecule has 1 N–H and O–H groups in total. The summed E-state index contributed by atoms with van der Waals surface area (Å²) in [5, 5.41) is 6.73. The Hall–Kier alpha value is -3.76. The van der Waals surface area contributed by atoms with Crippen LogP contribution < -0.4 is 10.1 Å². The van der Waals surface area contributed by atoms with E-state index >= 15 is 0 Å². The third-order valence-corrected chi connectivity index (χ3v) is 5.74. The first-order valence-electron chi connectivity index (χ1n) is 11.5. The third-order valence-electron chi connectivity index (χ3n) is 5.74. The number of methoxy groups -OCH3 is 1. The number of ether oxygens (including phenoxy) is 2. The van der Waals surface area contributed by atoms with E-state index in [0.717, 1.165) is 24.4 Å². The lowest BCUT2D eigenvalue weighted by molar-refractivity contribution is 0.0315. The van der Waals surface area contributed by atoms with E-state index in [4.69, 9.17) is 14.0 Å².